The van der Waals surface area contributed by atoms with E-state index in [1.54, 1.807) is 0 Å². The summed E-state index contributed by atoms with van der Waals surface area (Å²) >= 11 is 0. The number of ether oxygens (including phenoxy) is 1. The van der Waals surface area contributed by atoms with Gasteiger partial charge in [0.25, 0.3) is 0 Å². The molecule has 0 N–H and O–H groups in total. The van der Waals surface area contributed by atoms with Gasteiger partial charge in [0.05, 0.1) is 6.61 Å². The van der Waals surface area contributed by atoms with E-state index in [0.29, 0.717) is 0 Å². The zero-order valence-corrected chi connectivity index (χ0v) is 12.1. The van der Waals surface area contributed by atoms with Crippen LogP contribution in [0.15, 0.2) is 54.1 Å². The molecule has 0 amide bonds. The molecular weight excluding hydrogens is 232 g/mol. The normalized spacial score (nSPS) is 19.9. The molecule has 1 aromatic carbocycles. The Bertz CT molecular complexity index is 513. The van der Waals surface area contributed by atoms with Crippen LogP contribution in [-0.2, 0) is 4.74 Å². The zero-order chi connectivity index (χ0) is 13.8. The van der Waals surface area contributed by atoms with Crippen LogP contribution in [-0.4, -0.2) is 12.7 Å². The van der Waals surface area contributed by atoms with Crippen molar-refractivity contribution in [2.24, 2.45) is 0 Å². The van der Waals surface area contributed by atoms with E-state index >= 15 is 0 Å². The third-order valence-corrected chi connectivity index (χ3v) is 3.55. The average molecular weight is 254 g/mol. The van der Waals surface area contributed by atoms with Gasteiger partial charge in [-0.1, -0.05) is 55.5 Å². The summed E-state index contributed by atoms with van der Waals surface area (Å²) in [7, 11) is 0. The minimum absolute atomic E-state index is 0.273. The second kappa shape index (κ2) is 6.03. The van der Waals surface area contributed by atoms with Crippen LogP contribution in [0.25, 0.3) is 5.57 Å². The lowest BCUT2D eigenvalue weighted by atomic mass is 9.97. The van der Waals surface area contributed by atoms with Gasteiger partial charge in [0.2, 0.25) is 0 Å². The van der Waals surface area contributed by atoms with Crippen molar-refractivity contribution in [2.75, 3.05) is 6.61 Å². The van der Waals surface area contributed by atoms with Crippen LogP contribution in [0.5, 0.6) is 0 Å². The molecule has 1 heterocycles. The summed E-state index contributed by atoms with van der Waals surface area (Å²) in [5.41, 5.74) is 6.43. The monoisotopic (exact) mass is 254 g/mol. The summed E-state index contributed by atoms with van der Waals surface area (Å²) in [4.78, 5) is 0. The molecule has 0 saturated carbocycles. The molecule has 1 atom stereocenters. The maximum atomic E-state index is 5.39. The summed E-state index contributed by atoms with van der Waals surface area (Å²) in [6.07, 6.45) is 5.48. The minimum atomic E-state index is 0.273. The number of epoxide rings is 1. The minimum Gasteiger partial charge on any atom is -0.368 e. The fourth-order valence-corrected chi connectivity index (χ4v) is 2.25. The molecule has 0 spiro atoms. The third-order valence-electron chi connectivity index (χ3n) is 3.55. The third kappa shape index (κ3) is 3.45. The van der Waals surface area contributed by atoms with Crippen molar-refractivity contribution < 1.29 is 4.74 Å². The van der Waals surface area contributed by atoms with Gasteiger partial charge in [-0.3, -0.25) is 0 Å². The molecule has 1 nitrogen and oxygen atoms in total. The van der Waals surface area contributed by atoms with Gasteiger partial charge in [-0.2, -0.15) is 0 Å². The molecule has 0 aliphatic carbocycles. The molecule has 1 saturated heterocycles. The first kappa shape index (κ1) is 13.8. The van der Waals surface area contributed by atoms with E-state index in [9.17, 15) is 0 Å². The van der Waals surface area contributed by atoms with E-state index in [0.717, 1.165) is 13.0 Å². The van der Waals surface area contributed by atoms with E-state index in [4.69, 9.17) is 4.74 Å². The van der Waals surface area contributed by atoms with Crippen molar-refractivity contribution in [3.63, 3.8) is 0 Å². The Balaban J connectivity index is 2.31. The molecule has 19 heavy (non-hydrogen) atoms. The molecule has 1 heteroatoms. The lowest BCUT2D eigenvalue weighted by molar-refractivity contribution is 0.433. The van der Waals surface area contributed by atoms with Crippen molar-refractivity contribution in [2.45, 2.75) is 33.3 Å². The topological polar surface area (TPSA) is 12.5 Å². The molecule has 0 radical (unpaired) electrons. The Hall–Kier alpha value is -1.60. The van der Waals surface area contributed by atoms with Gasteiger partial charge in [-0.25, -0.2) is 0 Å². The highest BCUT2D eigenvalue weighted by molar-refractivity contribution is 5.67. The maximum absolute atomic E-state index is 5.39. The predicted octanol–water partition coefficient (Wildman–Crippen LogP) is 4.69. The van der Waals surface area contributed by atoms with Gasteiger partial charge in [0.15, 0.2) is 0 Å². The van der Waals surface area contributed by atoms with Crippen LogP contribution in [0.1, 0.15) is 31.4 Å². The Morgan fingerprint density at radius 2 is 2.00 bits per heavy atom. The summed E-state index contributed by atoms with van der Waals surface area (Å²) in [5.74, 6) is 0. The number of benzene rings is 1. The second-order valence-corrected chi connectivity index (χ2v) is 5.05. The standard InChI is InChI=1S/C18H22O/c1-5-15(17(6-2)18-12-19-18)11-14(4)16-9-7-13(3)8-10-16/h6-11,18H,2,5,12H2,1,3-4H3/b14-11+,17-15+/t18-/m1/s1. The van der Waals surface area contributed by atoms with Crippen molar-refractivity contribution in [3.8, 4) is 0 Å². The van der Waals surface area contributed by atoms with Crippen LogP contribution < -0.4 is 0 Å². The van der Waals surface area contributed by atoms with Gasteiger partial charge in [-0.05, 0) is 42.6 Å². The highest BCUT2D eigenvalue weighted by atomic mass is 16.6. The Morgan fingerprint density at radius 1 is 1.37 bits per heavy atom. The largest absolute Gasteiger partial charge is 0.368 e. The van der Waals surface area contributed by atoms with Crippen molar-refractivity contribution in [1.29, 1.82) is 0 Å². The van der Waals surface area contributed by atoms with Crippen LogP contribution in [0.3, 0.4) is 0 Å². The first-order valence-electron chi connectivity index (χ1n) is 6.88. The van der Waals surface area contributed by atoms with Gasteiger partial charge in [0, 0.05) is 0 Å². The molecule has 0 aromatic heterocycles. The average Bonchev–Trinajstić information content (AvgIpc) is 3.23. The van der Waals surface area contributed by atoms with Crippen LogP contribution in [0, 0.1) is 6.92 Å². The Labute approximate surface area is 116 Å². The smallest absolute Gasteiger partial charge is 0.106 e. The van der Waals surface area contributed by atoms with E-state index in [1.807, 2.05) is 6.08 Å². The SMILES string of the molecule is C=C/C(=C(\C=C(/C)c1ccc(C)cc1)CC)[C@H]1CO1. The van der Waals surface area contributed by atoms with Gasteiger partial charge >= 0.3 is 0 Å². The quantitative estimate of drug-likeness (QED) is 0.548. The first-order valence-corrected chi connectivity index (χ1v) is 6.88. The summed E-state index contributed by atoms with van der Waals surface area (Å²) in [6, 6.07) is 8.66. The molecule has 100 valence electrons. The molecule has 1 aliphatic heterocycles. The lowest BCUT2D eigenvalue weighted by Gasteiger charge is -2.08. The number of hydrogen-bond donors (Lipinski definition) is 0. The number of hydrogen-bond acceptors (Lipinski definition) is 1. The van der Waals surface area contributed by atoms with Crippen LogP contribution in [0.4, 0.5) is 0 Å². The van der Waals surface area contributed by atoms with E-state index in [1.165, 1.54) is 27.8 Å². The zero-order valence-electron chi connectivity index (χ0n) is 12.1. The molecule has 0 unspecified atom stereocenters. The molecule has 1 aliphatic rings. The van der Waals surface area contributed by atoms with E-state index < -0.39 is 0 Å². The van der Waals surface area contributed by atoms with Gasteiger partial charge < -0.3 is 4.74 Å². The Morgan fingerprint density at radius 3 is 2.47 bits per heavy atom. The fraction of sp³-hybridized carbons (Fsp3) is 0.333. The number of rotatable bonds is 5. The van der Waals surface area contributed by atoms with Crippen LogP contribution >= 0.6 is 0 Å². The summed E-state index contributed by atoms with van der Waals surface area (Å²) in [5, 5.41) is 0. The summed E-state index contributed by atoms with van der Waals surface area (Å²) in [6.45, 7) is 11.2. The molecule has 2 rings (SSSR count). The first-order chi connectivity index (χ1) is 9.15. The predicted molar refractivity (Wildman–Crippen MR) is 82.1 cm³/mol. The highest BCUT2D eigenvalue weighted by Gasteiger charge is 2.26. The van der Waals surface area contributed by atoms with Crippen molar-refractivity contribution >= 4 is 5.57 Å². The van der Waals surface area contributed by atoms with Crippen LogP contribution in [0.2, 0.25) is 0 Å². The number of aryl methyl sites for hydroxylation is 1. The van der Waals surface area contributed by atoms with Crippen molar-refractivity contribution in [1.82, 2.24) is 0 Å². The van der Waals surface area contributed by atoms with E-state index in [-0.39, 0.29) is 6.10 Å². The molecule has 1 fully saturated rings. The highest BCUT2D eigenvalue weighted by Crippen LogP contribution is 2.28. The fourth-order valence-electron chi connectivity index (χ4n) is 2.25. The second-order valence-electron chi connectivity index (χ2n) is 5.05. The van der Waals surface area contributed by atoms with Crippen molar-refractivity contribution in [3.05, 3.63) is 65.3 Å². The number of allylic oxidation sites excluding steroid dienone is 3. The molecule has 0 bridgehead atoms. The molecular formula is C18H22O. The lowest BCUT2D eigenvalue weighted by Crippen LogP contribution is -1.95. The summed E-state index contributed by atoms with van der Waals surface area (Å²) < 4.78 is 5.39. The van der Waals surface area contributed by atoms with Gasteiger partial charge in [-0.15, -0.1) is 0 Å². The van der Waals surface area contributed by atoms with E-state index in [2.05, 4.69) is 57.7 Å². The maximum Gasteiger partial charge on any atom is 0.106 e. The Kier molecular flexibility index (Phi) is 4.39. The molecule has 1 aromatic rings. The van der Waals surface area contributed by atoms with Gasteiger partial charge in [0.1, 0.15) is 6.10 Å².